The van der Waals surface area contributed by atoms with Gasteiger partial charge < -0.3 is 14.4 Å². The maximum absolute atomic E-state index is 12.6. The lowest BCUT2D eigenvalue weighted by atomic mass is 10.1. The van der Waals surface area contributed by atoms with Gasteiger partial charge >= 0.3 is 0 Å². The Labute approximate surface area is 161 Å². The van der Waals surface area contributed by atoms with Gasteiger partial charge in [-0.05, 0) is 39.3 Å². The minimum atomic E-state index is -0.162. The van der Waals surface area contributed by atoms with Crippen molar-refractivity contribution in [2.45, 2.75) is 38.8 Å². The Bertz CT molecular complexity index is 1010. The summed E-state index contributed by atoms with van der Waals surface area (Å²) in [5.74, 6) is 0.784. The van der Waals surface area contributed by atoms with E-state index in [0.29, 0.717) is 24.5 Å². The van der Waals surface area contributed by atoms with Gasteiger partial charge in [-0.25, -0.2) is 4.98 Å². The molecule has 0 bridgehead atoms. The predicted octanol–water partition coefficient (Wildman–Crippen LogP) is 2.47. The highest BCUT2D eigenvalue weighted by atomic mass is 32.2. The summed E-state index contributed by atoms with van der Waals surface area (Å²) in [6, 6.07) is 7.52. The maximum atomic E-state index is 12.6. The Kier molecular flexibility index (Phi) is 5.95. The molecule has 0 unspecified atom stereocenters. The number of hydrogen-bond donors (Lipinski definition) is 1. The first-order valence-corrected chi connectivity index (χ1v) is 9.80. The van der Waals surface area contributed by atoms with E-state index in [1.165, 1.54) is 11.8 Å². The maximum Gasteiger partial charge on any atom is 0.283 e. The molecule has 1 N–H and O–H groups in total. The van der Waals surface area contributed by atoms with Crippen molar-refractivity contribution < 1.29 is 9.32 Å². The summed E-state index contributed by atoms with van der Waals surface area (Å²) >= 11 is 1.17. The Balaban J connectivity index is 1.62. The van der Waals surface area contributed by atoms with Crippen LogP contribution < -0.4 is 10.9 Å². The van der Waals surface area contributed by atoms with Crippen LogP contribution in [0.5, 0.6) is 0 Å². The summed E-state index contributed by atoms with van der Waals surface area (Å²) in [6.07, 6.45) is 0.661. The first-order valence-electron chi connectivity index (χ1n) is 8.82. The van der Waals surface area contributed by atoms with Gasteiger partial charge in [0.1, 0.15) is 5.76 Å². The van der Waals surface area contributed by atoms with Crippen molar-refractivity contribution in [1.82, 2.24) is 20.0 Å². The Morgan fingerprint density at radius 3 is 2.78 bits per heavy atom. The zero-order valence-electron chi connectivity index (χ0n) is 15.6. The number of hydrogen-bond acceptors (Lipinski definition) is 6. The number of nitrogens with one attached hydrogen (secondary N) is 1. The normalized spacial score (nSPS) is 11.1. The molecule has 27 heavy (non-hydrogen) atoms. The van der Waals surface area contributed by atoms with Crippen molar-refractivity contribution in [2.24, 2.45) is 0 Å². The van der Waals surface area contributed by atoms with Crippen molar-refractivity contribution >= 4 is 28.7 Å². The van der Waals surface area contributed by atoms with E-state index in [4.69, 9.17) is 4.52 Å². The molecule has 0 spiro atoms. The van der Waals surface area contributed by atoms with Crippen LogP contribution >= 0.6 is 11.8 Å². The topological polar surface area (TPSA) is 90.0 Å². The standard InChI is InChI=1S/C19H22N4O3S/c1-4-23-16-8-6-5-7-15(16)21-18(19(23)25)27-11-17(24)20-10-9-14-12(2)22-26-13(14)3/h5-8H,4,9-11H2,1-3H3,(H,20,24). The van der Waals surface area contributed by atoms with Gasteiger partial charge in [-0.3, -0.25) is 9.59 Å². The Hall–Kier alpha value is -2.61. The van der Waals surface area contributed by atoms with Crippen molar-refractivity contribution in [3.63, 3.8) is 0 Å². The second kappa shape index (κ2) is 8.39. The molecule has 1 amide bonds. The summed E-state index contributed by atoms with van der Waals surface area (Å²) in [4.78, 5) is 29.2. The SMILES string of the molecule is CCn1c(=O)c(SCC(=O)NCCc2c(C)noc2C)nc2ccccc21. The molecular weight excluding hydrogens is 364 g/mol. The van der Waals surface area contributed by atoms with Crippen molar-refractivity contribution in [3.8, 4) is 0 Å². The minimum absolute atomic E-state index is 0.135. The van der Waals surface area contributed by atoms with Gasteiger partial charge in [-0.15, -0.1) is 0 Å². The fourth-order valence-electron chi connectivity index (χ4n) is 2.95. The predicted molar refractivity (Wildman–Crippen MR) is 105 cm³/mol. The molecule has 0 saturated heterocycles. The molecule has 7 nitrogen and oxygen atoms in total. The molecule has 0 atom stereocenters. The van der Waals surface area contributed by atoms with Gasteiger partial charge in [0, 0.05) is 18.7 Å². The largest absolute Gasteiger partial charge is 0.361 e. The lowest BCUT2D eigenvalue weighted by Crippen LogP contribution is -2.28. The molecule has 2 aromatic heterocycles. The summed E-state index contributed by atoms with van der Waals surface area (Å²) in [5.41, 5.74) is 3.25. The van der Waals surface area contributed by atoms with Gasteiger partial charge in [-0.1, -0.05) is 29.1 Å². The highest BCUT2D eigenvalue weighted by Gasteiger charge is 2.13. The summed E-state index contributed by atoms with van der Waals surface area (Å²) < 4.78 is 6.80. The van der Waals surface area contributed by atoms with Gasteiger partial charge in [0.05, 0.1) is 22.5 Å². The summed E-state index contributed by atoms with van der Waals surface area (Å²) in [6.45, 7) is 6.71. The highest BCUT2D eigenvalue weighted by Crippen LogP contribution is 2.16. The molecule has 0 saturated carbocycles. The molecular formula is C19H22N4O3S. The smallest absolute Gasteiger partial charge is 0.283 e. The third-order valence-corrected chi connectivity index (χ3v) is 5.30. The average Bonchev–Trinajstić information content (AvgIpc) is 2.98. The van der Waals surface area contributed by atoms with E-state index in [-0.39, 0.29) is 17.2 Å². The van der Waals surface area contributed by atoms with Crippen LogP contribution in [0.2, 0.25) is 0 Å². The third-order valence-electron chi connectivity index (χ3n) is 4.36. The number of amides is 1. The zero-order valence-corrected chi connectivity index (χ0v) is 16.4. The van der Waals surface area contributed by atoms with E-state index < -0.39 is 0 Å². The highest BCUT2D eigenvalue weighted by molar-refractivity contribution is 7.99. The van der Waals surface area contributed by atoms with Crippen LogP contribution in [0.15, 0.2) is 38.6 Å². The van der Waals surface area contributed by atoms with Gasteiger partial charge in [0.15, 0.2) is 5.03 Å². The van der Waals surface area contributed by atoms with Crippen LogP contribution in [0, 0.1) is 13.8 Å². The zero-order chi connectivity index (χ0) is 19.4. The van der Waals surface area contributed by atoms with E-state index in [0.717, 1.165) is 28.1 Å². The number of thioether (sulfide) groups is 1. The second-order valence-electron chi connectivity index (χ2n) is 6.15. The monoisotopic (exact) mass is 386 g/mol. The molecule has 0 aliphatic carbocycles. The number of rotatable bonds is 7. The van der Waals surface area contributed by atoms with Crippen LogP contribution in [0.3, 0.4) is 0 Å². The van der Waals surface area contributed by atoms with E-state index in [1.54, 1.807) is 4.57 Å². The first kappa shape index (κ1) is 19.2. The van der Waals surface area contributed by atoms with E-state index in [9.17, 15) is 9.59 Å². The number of fused-ring (bicyclic) bond motifs is 1. The summed E-state index contributed by atoms with van der Waals surface area (Å²) in [5, 5.41) is 7.11. The Morgan fingerprint density at radius 1 is 1.30 bits per heavy atom. The quantitative estimate of drug-likeness (QED) is 0.628. The van der Waals surface area contributed by atoms with Crippen molar-refractivity contribution in [1.29, 1.82) is 0 Å². The molecule has 0 radical (unpaired) electrons. The second-order valence-corrected chi connectivity index (χ2v) is 7.11. The molecule has 142 valence electrons. The van der Waals surface area contributed by atoms with Crippen molar-refractivity contribution in [3.05, 3.63) is 51.6 Å². The van der Waals surface area contributed by atoms with Gasteiger partial charge in [0.2, 0.25) is 5.91 Å². The third kappa shape index (κ3) is 4.21. The van der Waals surface area contributed by atoms with Crippen LogP contribution in [0.4, 0.5) is 0 Å². The van der Waals surface area contributed by atoms with Crippen LogP contribution in [-0.2, 0) is 17.8 Å². The Morgan fingerprint density at radius 2 is 2.07 bits per heavy atom. The number of nitrogens with zero attached hydrogens (tertiary/aromatic N) is 3. The van der Waals surface area contributed by atoms with Crippen molar-refractivity contribution in [2.75, 3.05) is 12.3 Å². The number of carbonyl (C=O) groups is 1. The molecule has 3 rings (SSSR count). The molecule has 1 aromatic carbocycles. The average molecular weight is 386 g/mol. The van der Waals surface area contributed by atoms with E-state index >= 15 is 0 Å². The van der Waals surface area contributed by atoms with Gasteiger partial charge in [0.25, 0.3) is 5.56 Å². The molecule has 0 aliphatic rings. The minimum Gasteiger partial charge on any atom is -0.361 e. The number of para-hydroxylation sites is 2. The number of aryl methyl sites for hydroxylation is 3. The molecule has 3 aromatic rings. The molecule has 0 aliphatic heterocycles. The molecule has 8 heteroatoms. The number of benzene rings is 1. The number of carbonyl (C=O) groups excluding carboxylic acids is 1. The lowest BCUT2D eigenvalue weighted by molar-refractivity contribution is -0.118. The van der Waals surface area contributed by atoms with Gasteiger partial charge in [-0.2, -0.15) is 0 Å². The number of aromatic nitrogens is 3. The first-order chi connectivity index (χ1) is 13.0. The van der Waals surface area contributed by atoms with E-state index in [1.807, 2.05) is 45.0 Å². The van der Waals surface area contributed by atoms with Crippen LogP contribution in [0.1, 0.15) is 23.9 Å². The van der Waals surface area contributed by atoms with Crippen LogP contribution in [0.25, 0.3) is 11.0 Å². The fourth-order valence-corrected chi connectivity index (χ4v) is 3.71. The fraction of sp³-hybridized carbons (Fsp3) is 0.368. The lowest BCUT2D eigenvalue weighted by Gasteiger charge is -2.10. The summed E-state index contributed by atoms with van der Waals surface area (Å²) in [7, 11) is 0. The van der Waals surface area contributed by atoms with E-state index in [2.05, 4.69) is 15.5 Å². The van der Waals surface area contributed by atoms with Crippen LogP contribution in [-0.4, -0.2) is 32.9 Å². The molecule has 2 heterocycles. The molecule has 0 fully saturated rings.